The maximum atomic E-state index is 12.7. The standard InChI is InChI=1S/C20H22N2O4/c1-3-26-17-10-6-4-8-15(17)21-20(24)14-12-19(23)22(13-14)16-9-5-7-11-18(16)25-2/h4-11,14H,3,12-13H2,1-2H3,(H,21,24)/t14-/m0/s1. The van der Waals surface area contributed by atoms with E-state index in [-0.39, 0.29) is 18.2 Å². The fourth-order valence-corrected chi connectivity index (χ4v) is 3.05. The summed E-state index contributed by atoms with van der Waals surface area (Å²) in [6.07, 6.45) is 0.167. The Labute approximate surface area is 152 Å². The van der Waals surface area contributed by atoms with E-state index in [2.05, 4.69) is 5.32 Å². The molecule has 0 aliphatic carbocycles. The van der Waals surface area contributed by atoms with Crippen LogP contribution in [0.15, 0.2) is 48.5 Å². The van der Waals surface area contributed by atoms with Crippen molar-refractivity contribution in [2.75, 3.05) is 30.5 Å². The van der Waals surface area contributed by atoms with Crippen LogP contribution < -0.4 is 19.7 Å². The van der Waals surface area contributed by atoms with Crippen molar-refractivity contribution in [1.82, 2.24) is 0 Å². The van der Waals surface area contributed by atoms with Gasteiger partial charge in [0.2, 0.25) is 11.8 Å². The molecule has 1 aliphatic rings. The first-order valence-corrected chi connectivity index (χ1v) is 8.60. The van der Waals surface area contributed by atoms with Crippen LogP contribution in [0, 0.1) is 5.92 Å². The number of ether oxygens (including phenoxy) is 2. The van der Waals surface area contributed by atoms with Crippen LogP contribution >= 0.6 is 0 Å². The van der Waals surface area contributed by atoms with Gasteiger partial charge in [0.05, 0.1) is 31.0 Å². The molecule has 0 saturated carbocycles. The molecule has 6 nitrogen and oxygen atoms in total. The quantitative estimate of drug-likeness (QED) is 0.866. The third-order valence-electron chi connectivity index (χ3n) is 4.32. The van der Waals surface area contributed by atoms with Crippen molar-refractivity contribution in [2.24, 2.45) is 5.92 Å². The molecule has 3 rings (SSSR count). The summed E-state index contributed by atoms with van der Waals surface area (Å²) in [5.74, 6) is 0.524. The normalized spacial score (nSPS) is 16.5. The number of anilines is 2. The number of nitrogens with zero attached hydrogens (tertiary/aromatic N) is 1. The fourth-order valence-electron chi connectivity index (χ4n) is 3.05. The monoisotopic (exact) mass is 354 g/mol. The molecule has 2 aromatic carbocycles. The fraction of sp³-hybridized carbons (Fsp3) is 0.300. The molecule has 0 aromatic heterocycles. The maximum absolute atomic E-state index is 12.7. The first-order valence-electron chi connectivity index (χ1n) is 8.60. The topological polar surface area (TPSA) is 67.9 Å². The summed E-state index contributed by atoms with van der Waals surface area (Å²) in [5.41, 5.74) is 1.30. The van der Waals surface area contributed by atoms with Gasteiger partial charge in [0.15, 0.2) is 0 Å². The molecule has 1 atom stereocenters. The Kier molecular flexibility index (Phi) is 5.41. The maximum Gasteiger partial charge on any atom is 0.229 e. The molecule has 1 aliphatic heterocycles. The number of hydrogen-bond donors (Lipinski definition) is 1. The Hall–Kier alpha value is -3.02. The average Bonchev–Trinajstić information content (AvgIpc) is 3.05. The van der Waals surface area contributed by atoms with Gasteiger partial charge >= 0.3 is 0 Å². The Morgan fingerprint density at radius 2 is 1.85 bits per heavy atom. The van der Waals surface area contributed by atoms with Crippen LogP contribution in [0.4, 0.5) is 11.4 Å². The lowest BCUT2D eigenvalue weighted by Crippen LogP contribution is -2.28. The summed E-state index contributed by atoms with van der Waals surface area (Å²) in [5, 5.41) is 2.88. The smallest absolute Gasteiger partial charge is 0.229 e. The summed E-state index contributed by atoms with van der Waals surface area (Å²) < 4.78 is 10.9. The molecule has 6 heteroatoms. The van der Waals surface area contributed by atoms with Crippen molar-refractivity contribution in [3.63, 3.8) is 0 Å². The molecule has 1 heterocycles. The molecule has 0 spiro atoms. The van der Waals surface area contributed by atoms with E-state index >= 15 is 0 Å². The van der Waals surface area contributed by atoms with Crippen molar-refractivity contribution >= 4 is 23.2 Å². The highest BCUT2D eigenvalue weighted by Crippen LogP contribution is 2.33. The van der Waals surface area contributed by atoms with Crippen LogP contribution in [-0.2, 0) is 9.59 Å². The SMILES string of the molecule is CCOc1ccccc1NC(=O)[C@H]1CC(=O)N(c2ccccc2OC)C1. The van der Waals surface area contributed by atoms with Crippen LogP contribution in [0.3, 0.4) is 0 Å². The zero-order valence-corrected chi connectivity index (χ0v) is 14.9. The van der Waals surface area contributed by atoms with Gasteiger partial charge in [-0.05, 0) is 31.2 Å². The lowest BCUT2D eigenvalue weighted by molar-refractivity contribution is -0.122. The van der Waals surface area contributed by atoms with E-state index in [0.29, 0.717) is 36.0 Å². The van der Waals surface area contributed by atoms with Gasteiger partial charge in [-0.25, -0.2) is 0 Å². The number of carbonyl (C=O) groups is 2. The van der Waals surface area contributed by atoms with Crippen LogP contribution in [0.2, 0.25) is 0 Å². The molecule has 0 unspecified atom stereocenters. The van der Waals surface area contributed by atoms with Gasteiger partial charge in [0, 0.05) is 13.0 Å². The largest absolute Gasteiger partial charge is 0.495 e. The van der Waals surface area contributed by atoms with Crippen molar-refractivity contribution in [3.8, 4) is 11.5 Å². The van der Waals surface area contributed by atoms with Crippen LogP contribution in [0.5, 0.6) is 11.5 Å². The van der Waals surface area contributed by atoms with E-state index in [1.807, 2.05) is 37.3 Å². The van der Waals surface area contributed by atoms with E-state index in [0.717, 1.165) is 0 Å². The second kappa shape index (κ2) is 7.91. The Bertz CT molecular complexity index is 806. The molecule has 1 N–H and O–H groups in total. The molecule has 0 bridgehead atoms. The van der Waals surface area contributed by atoms with E-state index in [4.69, 9.17) is 9.47 Å². The first kappa shape index (κ1) is 17.8. The highest BCUT2D eigenvalue weighted by molar-refractivity contribution is 6.04. The number of methoxy groups -OCH3 is 1. The van der Waals surface area contributed by atoms with Crippen molar-refractivity contribution in [2.45, 2.75) is 13.3 Å². The predicted octanol–water partition coefficient (Wildman–Crippen LogP) is 3.09. The summed E-state index contributed by atoms with van der Waals surface area (Å²) in [6.45, 7) is 2.72. The summed E-state index contributed by atoms with van der Waals surface area (Å²) in [4.78, 5) is 26.7. The van der Waals surface area contributed by atoms with Crippen molar-refractivity contribution < 1.29 is 19.1 Å². The summed E-state index contributed by atoms with van der Waals surface area (Å²) >= 11 is 0. The lowest BCUT2D eigenvalue weighted by atomic mass is 10.1. The van der Waals surface area contributed by atoms with E-state index < -0.39 is 5.92 Å². The molecule has 2 amide bonds. The van der Waals surface area contributed by atoms with Gasteiger partial charge < -0.3 is 19.7 Å². The minimum atomic E-state index is -0.429. The highest BCUT2D eigenvalue weighted by Gasteiger charge is 2.36. The Morgan fingerprint density at radius 3 is 2.58 bits per heavy atom. The number of hydrogen-bond acceptors (Lipinski definition) is 4. The Balaban J connectivity index is 1.73. The van der Waals surface area contributed by atoms with Gasteiger partial charge in [-0.3, -0.25) is 9.59 Å². The molecule has 136 valence electrons. The molecule has 2 aromatic rings. The number of benzene rings is 2. The molecule has 1 fully saturated rings. The highest BCUT2D eigenvalue weighted by atomic mass is 16.5. The average molecular weight is 354 g/mol. The van der Waals surface area contributed by atoms with E-state index in [1.165, 1.54) is 0 Å². The minimum absolute atomic E-state index is 0.0901. The Morgan fingerprint density at radius 1 is 1.15 bits per heavy atom. The number of para-hydroxylation sites is 4. The van der Waals surface area contributed by atoms with Crippen molar-refractivity contribution in [3.05, 3.63) is 48.5 Å². The van der Waals surface area contributed by atoms with Gasteiger partial charge in [-0.15, -0.1) is 0 Å². The van der Waals surface area contributed by atoms with Gasteiger partial charge in [0.1, 0.15) is 11.5 Å². The van der Waals surface area contributed by atoms with Crippen LogP contribution in [0.1, 0.15) is 13.3 Å². The second-order valence-corrected chi connectivity index (χ2v) is 6.00. The number of nitrogens with one attached hydrogen (secondary N) is 1. The molecule has 26 heavy (non-hydrogen) atoms. The third-order valence-corrected chi connectivity index (χ3v) is 4.32. The van der Waals surface area contributed by atoms with E-state index in [1.54, 1.807) is 30.2 Å². The van der Waals surface area contributed by atoms with Gasteiger partial charge in [0.25, 0.3) is 0 Å². The lowest BCUT2D eigenvalue weighted by Gasteiger charge is -2.19. The van der Waals surface area contributed by atoms with Crippen LogP contribution in [-0.4, -0.2) is 32.1 Å². The van der Waals surface area contributed by atoms with Crippen molar-refractivity contribution in [1.29, 1.82) is 0 Å². The zero-order chi connectivity index (χ0) is 18.5. The van der Waals surface area contributed by atoms with Gasteiger partial charge in [-0.2, -0.15) is 0 Å². The number of rotatable bonds is 6. The third kappa shape index (κ3) is 3.64. The van der Waals surface area contributed by atoms with Crippen LogP contribution in [0.25, 0.3) is 0 Å². The molecule has 1 saturated heterocycles. The van der Waals surface area contributed by atoms with Gasteiger partial charge in [-0.1, -0.05) is 24.3 Å². The minimum Gasteiger partial charge on any atom is -0.495 e. The molecule has 0 radical (unpaired) electrons. The summed E-state index contributed by atoms with van der Waals surface area (Å²) in [7, 11) is 1.56. The predicted molar refractivity (Wildman–Crippen MR) is 99.7 cm³/mol. The van der Waals surface area contributed by atoms with E-state index in [9.17, 15) is 9.59 Å². The number of amides is 2. The first-order chi connectivity index (χ1) is 12.6. The zero-order valence-electron chi connectivity index (χ0n) is 14.9. The summed E-state index contributed by atoms with van der Waals surface area (Å²) in [6, 6.07) is 14.6. The molecular formula is C20H22N2O4. The number of carbonyl (C=O) groups excluding carboxylic acids is 2. The molecular weight excluding hydrogens is 332 g/mol. The second-order valence-electron chi connectivity index (χ2n) is 6.00.